The molecular formula is C13H17IN2S. The minimum Gasteiger partial charge on any atom is -0.335 e. The topological polar surface area (TPSA) is 24.4 Å². The van der Waals surface area contributed by atoms with Gasteiger partial charge in [0.1, 0.15) is 0 Å². The van der Waals surface area contributed by atoms with Gasteiger partial charge in [-0.2, -0.15) is 0 Å². The second kappa shape index (κ2) is 6.09. The fraction of sp³-hybridized carbons (Fsp3) is 0.462. The van der Waals surface area contributed by atoms with Crippen molar-refractivity contribution in [2.45, 2.75) is 26.3 Å². The maximum Gasteiger partial charge on any atom is 0.161 e. The molecule has 92 valence electrons. The highest BCUT2D eigenvalue weighted by Gasteiger charge is 2.18. The summed E-state index contributed by atoms with van der Waals surface area (Å²) in [7, 11) is 0. The fourth-order valence-corrected chi connectivity index (χ4v) is 3.05. The van der Waals surface area contributed by atoms with Gasteiger partial charge in [0.2, 0.25) is 0 Å². The van der Waals surface area contributed by atoms with E-state index < -0.39 is 0 Å². The zero-order chi connectivity index (χ0) is 12.3. The summed E-state index contributed by atoms with van der Waals surface area (Å²) in [4.78, 5) is 4.77. The van der Waals surface area contributed by atoms with Crippen LogP contribution >= 0.6 is 34.4 Å². The van der Waals surface area contributed by atoms with Crippen LogP contribution in [0, 0.1) is 9.49 Å². The van der Waals surface area contributed by atoms with Crippen LogP contribution in [0.1, 0.15) is 20.3 Å². The van der Waals surface area contributed by atoms with Crippen molar-refractivity contribution in [1.29, 1.82) is 0 Å². The Hall–Kier alpha value is -0.230. The van der Waals surface area contributed by atoms with Crippen LogP contribution in [0.2, 0.25) is 0 Å². The number of thioether (sulfide) groups is 1. The monoisotopic (exact) mass is 360 g/mol. The van der Waals surface area contributed by atoms with Gasteiger partial charge in [0.25, 0.3) is 0 Å². The number of aliphatic imine (C=N–C) groups is 1. The van der Waals surface area contributed by atoms with E-state index in [1.807, 2.05) is 11.8 Å². The van der Waals surface area contributed by atoms with Gasteiger partial charge in [-0.15, -0.1) is 0 Å². The maximum atomic E-state index is 4.77. The number of benzene rings is 1. The molecule has 0 spiro atoms. The van der Waals surface area contributed by atoms with Crippen LogP contribution in [-0.4, -0.2) is 17.0 Å². The standard InChI is InChI=1S/C13H17IN2S/c1-9(2)12-7-8-17-13(16-12)15-11-5-3-10(14)4-6-11/h3-6,9,12H,7-8H2,1-2H3,(H,15,16). The summed E-state index contributed by atoms with van der Waals surface area (Å²) >= 11 is 4.14. The SMILES string of the molecule is CC(C)C1CCSC(Nc2ccc(I)cc2)=N1. The highest BCUT2D eigenvalue weighted by Crippen LogP contribution is 2.23. The zero-order valence-corrected chi connectivity index (χ0v) is 13.1. The van der Waals surface area contributed by atoms with Crippen LogP contribution in [0.15, 0.2) is 29.3 Å². The van der Waals surface area contributed by atoms with Crippen LogP contribution in [0.4, 0.5) is 5.69 Å². The van der Waals surface area contributed by atoms with Crippen molar-refractivity contribution in [2.24, 2.45) is 10.9 Å². The molecule has 0 fully saturated rings. The summed E-state index contributed by atoms with van der Waals surface area (Å²) in [5.74, 6) is 1.79. The van der Waals surface area contributed by atoms with Crippen molar-refractivity contribution >= 4 is 45.2 Å². The van der Waals surface area contributed by atoms with E-state index in [1.165, 1.54) is 15.7 Å². The highest BCUT2D eigenvalue weighted by atomic mass is 127. The summed E-state index contributed by atoms with van der Waals surface area (Å²) in [5.41, 5.74) is 1.13. The third-order valence-electron chi connectivity index (χ3n) is 2.80. The van der Waals surface area contributed by atoms with Gasteiger partial charge in [-0.1, -0.05) is 25.6 Å². The van der Waals surface area contributed by atoms with Gasteiger partial charge in [0.15, 0.2) is 5.17 Å². The molecular weight excluding hydrogens is 343 g/mol. The van der Waals surface area contributed by atoms with Crippen molar-refractivity contribution in [2.75, 3.05) is 11.1 Å². The lowest BCUT2D eigenvalue weighted by atomic mass is 10.0. The Bertz CT molecular complexity index is 400. The molecule has 1 N–H and O–H groups in total. The van der Waals surface area contributed by atoms with E-state index in [0.717, 1.165) is 10.9 Å². The van der Waals surface area contributed by atoms with E-state index in [0.29, 0.717) is 12.0 Å². The molecule has 0 radical (unpaired) electrons. The molecule has 0 saturated heterocycles. The number of rotatable bonds is 2. The molecule has 1 atom stereocenters. The van der Waals surface area contributed by atoms with Crippen LogP contribution in [0.25, 0.3) is 0 Å². The molecule has 4 heteroatoms. The fourth-order valence-electron chi connectivity index (χ4n) is 1.74. The molecule has 0 amide bonds. The van der Waals surface area contributed by atoms with Gasteiger partial charge in [-0.3, -0.25) is 4.99 Å². The molecule has 2 rings (SSSR count). The average molecular weight is 360 g/mol. The Morgan fingerprint density at radius 3 is 2.71 bits per heavy atom. The number of hydrogen-bond donors (Lipinski definition) is 1. The molecule has 1 aromatic carbocycles. The number of nitrogens with zero attached hydrogens (tertiary/aromatic N) is 1. The van der Waals surface area contributed by atoms with Crippen LogP contribution in [0.3, 0.4) is 0 Å². The normalized spacial score (nSPS) is 20.2. The van der Waals surface area contributed by atoms with Crippen molar-refractivity contribution in [1.82, 2.24) is 0 Å². The number of amidine groups is 1. The second-order valence-electron chi connectivity index (χ2n) is 4.51. The first kappa shape index (κ1) is 13.2. The van der Waals surface area contributed by atoms with Gasteiger partial charge < -0.3 is 5.32 Å². The Morgan fingerprint density at radius 1 is 1.35 bits per heavy atom. The Morgan fingerprint density at radius 2 is 2.06 bits per heavy atom. The Kier molecular flexibility index (Phi) is 4.73. The average Bonchev–Trinajstić information content (AvgIpc) is 2.32. The van der Waals surface area contributed by atoms with E-state index >= 15 is 0 Å². The molecule has 1 aromatic rings. The molecule has 0 saturated carbocycles. The molecule has 2 nitrogen and oxygen atoms in total. The number of anilines is 1. The summed E-state index contributed by atoms with van der Waals surface area (Å²) < 4.78 is 1.26. The molecule has 17 heavy (non-hydrogen) atoms. The quantitative estimate of drug-likeness (QED) is 0.799. The highest BCUT2D eigenvalue weighted by molar-refractivity contribution is 14.1. The Balaban J connectivity index is 2.05. The lowest BCUT2D eigenvalue weighted by molar-refractivity contribution is 0.485. The lowest BCUT2D eigenvalue weighted by Crippen LogP contribution is -2.23. The minimum atomic E-state index is 0.475. The van der Waals surface area contributed by atoms with Crippen LogP contribution in [0.5, 0.6) is 0 Å². The zero-order valence-electron chi connectivity index (χ0n) is 10.1. The molecule has 1 aliphatic rings. The lowest BCUT2D eigenvalue weighted by Gasteiger charge is -2.23. The van der Waals surface area contributed by atoms with E-state index in [2.05, 4.69) is 66.0 Å². The first-order chi connectivity index (χ1) is 8.15. The molecule has 1 aliphatic heterocycles. The van der Waals surface area contributed by atoms with Gasteiger partial charge in [0, 0.05) is 15.0 Å². The molecule has 1 unspecified atom stereocenters. The van der Waals surface area contributed by atoms with Crippen molar-refractivity contribution in [3.63, 3.8) is 0 Å². The van der Waals surface area contributed by atoms with Gasteiger partial charge in [-0.05, 0) is 59.2 Å². The van der Waals surface area contributed by atoms with Crippen LogP contribution in [-0.2, 0) is 0 Å². The number of halogens is 1. The molecule has 0 bridgehead atoms. The van der Waals surface area contributed by atoms with E-state index in [1.54, 1.807) is 0 Å². The van der Waals surface area contributed by atoms with Crippen LogP contribution < -0.4 is 5.32 Å². The smallest absolute Gasteiger partial charge is 0.161 e. The molecule has 1 heterocycles. The van der Waals surface area contributed by atoms with E-state index in [9.17, 15) is 0 Å². The summed E-state index contributed by atoms with van der Waals surface area (Å²) in [6.45, 7) is 4.49. The summed E-state index contributed by atoms with van der Waals surface area (Å²) in [6.07, 6.45) is 1.19. The van der Waals surface area contributed by atoms with Crippen molar-refractivity contribution in [3.05, 3.63) is 27.8 Å². The second-order valence-corrected chi connectivity index (χ2v) is 6.84. The Labute approximate surface area is 121 Å². The third-order valence-corrected chi connectivity index (χ3v) is 4.44. The minimum absolute atomic E-state index is 0.475. The first-order valence-corrected chi connectivity index (χ1v) is 7.95. The molecule has 0 aromatic heterocycles. The summed E-state index contributed by atoms with van der Waals surface area (Å²) in [6, 6.07) is 8.89. The third kappa shape index (κ3) is 3.88. The van der Waals surface area contributed by atoms with E-state index in [4.69, 9.17) is 4.99 Å². The maximum absolute atomic E-state index is 4.77. The predicted octanol–water partition coefficient (Wildman–Crippen LogP) is 4.22. The molecule has 0 aliphatic carbocycles. The van der Waals surface area contributed by atoms with E-state index in [-0.39, 0.29) is 0 Å². The van der Waals surface area contributed by atoms with Crippen molar-refractivity contribution < 1.29 is 0 Å². The van der Waals surface area contributed by atoms with Crippen molar-refractivity contribution in [3.8, 4) is 0 Å². The van der Waals surface area contributed by atoms with Gasteiger partial charge >= 0.3 is 0 Å². The number of hydrogen-bond acceptors (Lipinski definition) is 3. The first-order valence-electron chi connectivity index (χ1n) is 5.88. The van der Waals surface area contributed by atoms with Gasteiger partial charge in [0.05, 0.1) is 6.04 Å². The largest absolute Gasteiger partial charge is 0.335 e. The summed E-state index contributed by atoms with van der Waals surface area (Å²) in [5, 5.41) is 4.47. The predicted molar refractivity (Wildman–Crippen MR) is 85.9 cm³/mol. The number of nitrogens with one attached hydrogen (secondary N) is 1. The van der Waals surface area contributed by atoms with Gasteiger partial charge in [-0.25, -0.2) is 0 Å².